The Hall–Kier alpha value is -3.94. The molecule has 0 aliphatic carbocycles. The SMILES string of the molecule is O=C(O)c1cn2nc(-c3ccc(Oc4ccccn4)cc3)cc2[nH]c1=O. The van der Waals surface area contributed by atoms with Crippen LogP contribution in [0.3, 0.4) is 0 Å². The van der Waals surface area contributed by atoms with Crippen LogP contribution < -0.4 is 10.3 Å². The van der Waals surface area contributed by atoms with Gasteiger partial charge in [0.1, 0.15) is 17.0 Å². The van der Waals surface area contributed by atoms with Crippen molar-refractivity contribution in [2.24, 2.45) is 0 Å². The predicted octanol–water partition coefficient (Wildman–Crippen LogP) is 2.58. The van der Waals surface area contributed by atoms with Crippen molar-refractivity contribution in [3.63, 3.8) is 0 Å². The van der Waals surface area contributed by atoms with Gasteiger partial charge in [-0.05, 0) is 30.3 Å². The fourth-order valence-electron chi connectivity index (χ4n) is 2.47. The molecule has 0 unspecified atom stereocenters. The second kappa shape index (κ2) is 6.17. The highest BCUT2D eigenvalue weighted by Gasteiger charge is 2.12. The second-order valence-corrected chi connectivity index (χ2v) is 5.46. The number of nitrogens with one attached hydrogen (secondary N) is 1. The van der Waals surface area contributed by atoms with Gasteiger partial charge in [0.25, 0.3) is 5.56 Å². The Balaban J connectivity index is 1.65. The second-order valence-electron chi connectivity index (χ2n) is 5.46. The van der Waals surface area contributed by atoms with Crippen molar-refractivity contribution < 1.29 is 14.6 Å². The molecule has 26 heavy (non-hydrogen) atoms. The maximum Gasteiger partial charge on any atom is 0.342 e. The number of carboxylic acids is 1. The zero-order chi connectivity index (χ0) is 18.1. The van der Waals surface area contributed by atoms with Crippen LogP contribution in [-0.4, -0.2) is 30.7 Å². The normalized spacial score (nSPS) is 10.8. The van der Waals surface area contributed by atoms with Crippen molar-refractivity contribution in [2.75, 3.05) is 0 Å². The summed E-state index contributed by atoms with van der Waals surface area (Å²) in [5.41, 5.74) is 0.748. The van der Waals surface area contributed by atoms with Gasteiger partial charge in [0, 0.05) is 23.9 Å². The van der Waals surface area contributed by atoms with E-state index in [1.807, 2.05) is 18.2 Å². The van der Waals surface area contributed by atoms with Crippen molar-refractivity contribution >= 4 is 11.6 Å². The number of H-pyrrole nitrogens is 1. The third-order valence-corrected chi connectivity index (χ3v) is 3.71. The molecule has 4 aromatic rings. The van der Waals surface area contributed by atoms with Crippen LogP contribution in [0.5, 0.6) is 11.6 Å². The molecule has 0 aliphatic heterocycles. The van der Waals surface area contributed by atoms with Gasteiger partial charge in [-0.2, -0.15) is 5.10 Å². The lowest BCUT2D eigenvalue weighted by molar-refractivity contribution is 0.0694. The minimum Gasteiger partial charge on any atom is -0.477 e. The molecule has 8 heteroatoms. The van der Waals surface area contributed by atoms with Crippen molar-refractivity contribution in [1.82, 2.24) is 19.6 Å². The first kappa shape index (κ1) is 15.6. The van der Waals surface area contributed by atoms with Crippen LogP contribution in [0.25, 0.3) is 16.9 Å². The molecule has 0 aliphatic rings. The van der Waals surface area contributed by atoms with Gasteiger partial charge in [-0.25, -0.2) is 14.3 Å². The molecule has 0 radical (unpaired) electrons. The molecular weight excluding hydrogens is 336 g/mol. The zero-order valence-corrected chi connectivity index (χ0v) is 13.3. The van der Waals surface area contributed by atoms with Crippen LogP contribution in [0.15, 0.2) is 65.7 Å². The molecule has 4 rings (SSSR count). The number of pyridine rings is 1. The summed E-state index contributed by atoms with van der Waals surface area (Å²) < 4.78 is 6.97. The number of carboxylic acid groups (broad SMARTS) is 1. The number of ether oxygens (including phenoxy) is 1. The van der Waals surface area contributed by atoms with Crippen LogP contribution in [0, 0.1) is 0 Å². The number of hydrogen-bond donors (Lipinski definition) is 2. The minimum atomic E-state index is -1.30. The van der Waals surface area contributed by atoms with Crippen LogP contribution >= 0.6 is 0 Å². The van der Waals surface area contributed by atoms with Gasteiger partial charge in [0.05, 0.1) is 11.9 Å². The first-order chi connectivity index (χ1) is 12.6. The van der Waals surface area contributed by atoms with Crippen LogP contribution in [0.2, 0.25) is 0 Å². The number of hydrogen-bond acceptors (Lipinski definition) is 5. The molecule has 0 bridgehead atoms. The maximum absolute atomic E-state index is 11.7. The molecule has 0 atom stereocenters. The summed E-state index contributed by atoms with van der Waals surface area (Å²) in [4.78, 5) is 29.4. The molecular formula is C18H12N4O4. The number of rotatable bonds is 4. The highest BCUT2D eigenvalue weighted by molar-refractivity contribution is 5.87. The Morgan fingerprint density at radius 1 is 1.15 bits per heavy atom. The Bertz CT molecular complexity index is 1150. The van der Waals surface area contributed by atoms with E-state index in [0.29, 0.717) is 23.0 Å². The first-order valence-electron chi connectivity index (χ1n) is 7.65. The quantitative estimate of drug-likeness (QED) is 0.586. The van der Waals surface area contributed by atoms with Gasteiger partial charge in [-0.3, -0.25) is 4.79 Å². The molecule has 8 nitrogen and oxygen atoms in total. The summed E-state index contributed by atoms with van der Waals surface area (Å²) in [6.07, 6.45) is 2.84. The molecule has 0 spiro atoms. The lowest BCUT2D eigenvalue weighted by atomic mass is 10.1. The van der Waals surface area contributed by atoms with E-state index in [-0.39, 0.29) is 5.56 Å². The summed E-state index contributed by atoms with van der Waals surface area (Å²) in [6.45, 7) is 0. The fourth-order valence-corrected chi connectivity index (χ4v) is 2.47. The van der Waals surface area contributed by atoms with E-state index >= 15 is 0 Å². The Kier molecular flexibility index (Phi) is 3.70. The lowest BCUT2D eigenvalue weighted by Crippen LogP contribution is -2.18. The molecule has 3 heterocycles. The smallest absolute Gasteiger partial charge is 0.342 e. The van der Waals surface area contributed by atoms with Crippen LogP contribution in [0.1, 0.15) is 10.4 Å². The van der Waals surface area contributed by atoms with E-state index in [1.165, 1.54) is 10.7 Å². The van der Waals surface area contributed by atoms with Crippen molar-refractivity contribution in [2.45, 2.75) is 0 Å². The zero-order valence-electron chi connectivity index (χ0n) is 13.3. The molecule has 128 valence electrons. The Labute approximate surface area is 146 Å². The molecule has 0 saturated carbocycles. The van der Waals surface area contributed by atoms with E-state index in [0.717, 1.165) is 5.56 Å². The average molecular weight is 348 g/mol. The number of benzene rings is 1. The van der Waals surface area contributed by atoms with Crippen molar-refractivity contribution in [3.8, 4) is 22.9 Å². The number of nitrogens with zero attached hydrogens (tertiary/aromatic N) is 3. The van der Waals surface area contributed by atoms with Crippen molar-refractivity contribution in [3.05, 3.63) is 76.8 Å². The van der Waals surface area contributed by atoms with E-state index in [4.69, 9.17) is 9.84 Å². The number of aromatic carboxylic acids is 1. The molecule has 0 amide bonds. The molecule has 3 aromatic heterocycles. The van der Waals surface area contributed by atoms with E-state index in [2.05, 4.69) is 15.1 Å². The van der Waals surface area contributed by atoms with Gasteiger partial charge in [-0.1, -0.05) is 6.07 Å². The standard InChI is InChI=1S/C18H12N4O4/c23-17-13(18(24)25)10-22-15(20-17)9-14(21-22)11-4-6-12(7-5-11)26-16-3-1-2-8-19-16/h1-10H,(H,20,23)(H,24,25). The Morgan fingerprint density at radius 2 is 1.96 bits per heavy atom. The summed E-state index contributed by atoms with van der Waals surface area (Å²) >= 11 is 0. The molecule has 0 saturated heterocycles. The van der Waals surface area contributed by atoms with E-state index in [9.17, 15) is 9.59 Å². The van der Waals surface area contributed by atoms with Gasteiger partial charge >= 0.3 is 5.97 Å². The largest absolute Gasteiger partial charge is 0.477 e. The van der Waals surface area contributed by atoms with Gasteiger partial charge in [0.15, 0.2) is 0 Å². The molecule has 0 fully saturated rings. The number of carbonyl (C=O) groups is 1. The van der Waals surface area contributed by atoms with Crippen LogP contribution in [0.4, 0.5) is 0 Å². The average Bonchev–Trinajstić information content (AvgIpc) is 3.05. The predicted molar refractivity (Wildman–Crippen MR) is 92.5 cm³/mol. The summed E-state index contributed by atoms with van der Waals surface area (Å²) in [5, 5.41) is 13.3. The van der Waals surface area contributed by atoms with Crippen LogP contribution in [-0.2, 0) is 0 Å². The van der Waals surface area contributed by atoms with E-state index in [1.54, 1.807) is 36.5 Å². The highest BCUT2D eigenvalue weighted by atomic mass is 16.5. The maximum atomic E-state index is 11.7. The molecule has 2 N–H and O–H groups in total. The number of fused-ring (bicyclic) bond motifs is 1. The number of aromatic amines is 1. The summed E-state index contributed by atoms with van der Waals surface area (Å²) in [5.74, 6) is -0.189. The summed E-state index contributed by atoms with van der Waals surface area (Å²) in [7, 11) is 0. The minimum absolute atomic E-state index is 0.369. The third-order valence-electron chi connectivity index (χ3n) is 3.71. The third kappa shape index (κ3) is 2.91. The van der Waals surface area contributed by atoms with Gasteiger partial charge < -0.3 is 14.8 Å². The topological polar surface area (TPSA) is 110 Å². The first-order valence-corrected chi connectivity index (χ1v) is 7.65. The monoisotopic (exact) mass is 348 g/mol. The fraction of sp³-hybridized carbons (Fsp3) is 0. The highest BCUT2D eigenvalue weighted by Crippen LogP contribution is 2.24. The summed E-state index contributed by atoms with van der Waals surface area (Å²) in [6, 6.07) is 14.2. The van der Waals surface area contributed by atoms with Gasteiger partial charge in [0.2, 0.25) is 5.88 Å². The van der Waals surface area contributed by atoms with E-state index < -0.39 is 11.5 Å². The lowest BCUT2D eigenvalue weighted by Gasteiger charge is -2.04. The van der Waals surface area contributed by atoms with Crippen molar-refractivity contribution in [1.29, 1.82) is 0 Å². The molecule has 1 aromatic carbocycles. The Morgan fingerprint density at radius 3 is 2.65 bits per heavy atom. The number of aromatic nitrogens is 4. The van der Waals surface area contributed by atoms with Gasteiger partial charge in [-0.15, -0.1) is 0 Å².